The van der Waals surface area contributed by atoms with Crippen LogP contribution in [0.1, 0.15) is 40.5 Å². The summed E-state index contributed by atoms with van der Waals surface area (Å²) in [4.78, 5) is 0. The van der Waals surface area contributed by atoms with E-state index in [1.54, 1.807) is 0 Å². The van der Waals surface area contributed by atoms with E-state index in [0.29, 0.717) is 0 Å². The van der Waals surface area contributed by atoms with Crippen LogP contribution < -0.4 is 0 Å². The van der Waals surface area contributed by atoms with Gasteiger partial charge in [0.05, 0.1) is 6.10 Å². The van der Waals surface area contributed by atoms with Crippen molar-refractivity contribution in [3.8, 4) is 11.8 Å². The smallest absolute Gasteiger partial charge is 0.118 e. The van der Waals surface area contributed by atoms with Gasteiger partial charge in [-0.1, -0.05) is 19.8 Å². The Hall–Kier alpha value is -0.480. The number of rotatable bonds is 3. The summed E-state index contributed by atoms with van der Waals surface area (Å²) < 4.78 is 5.53. The van der Waals surface area contributed by atoms with E-state index in [-0.39, 0.29) is 12.2 Å². The van der Waals surface area contributed by atoms with Gasteiger partial charge in [-0.15, -0.1) is 5.92 Å². The molecule has 0 spiro atoms. The van der Waals surface area contributed by atoms with Crippen molar-refractivity contribution in [2.45, 2.75) is 52.7 Å². The zero-order valence-electron chi connectivity index (χ0n) is 7.98. The third-order valence-corrected chi connectivity index (χ3v) is 1.25. The fraction of sp³-hybridized carbons (Fsp3) is 0.800. The molecule has 0 aliphatic heterocycles. The minimum absolute atomic E-state index is 0.134. The zero-order valence-corrected chi connectivity index (χ0v) is 7.98. The Morgan fingerprint density at radius 3 is 2.27 bits per heavy atom. The first-order valence-corrected chi connectivity index (χ1v) is 4.34. The van der Waals surface area contributed by atoms with Crippen molar-refractivity contribution in [1.29, 1.82) is 0 Å². The second kappa shape index (κ2) is 6.24. The number of ether oxygens (including phenoxy) is 1. The van der Waals surface area contributed by atoms with Gasteiger partial charge in [0.25, 0.3) is 0 Å². The first kappa shape index (κ1) is 10.5. The highest BCUT2D eigenvalue weighted by molar-refractivity contribution is 5.04. The van der Waals surface area contributed by atoms with Crippen LogP contribution in [0.3, 0.4) is 0 Å². The lowest BCUT2D eigenvalue weighted by Gasteiger charge is -2.12. The fourth-order valence-electron chi connectivity index (χ4n) is 0.777. The van der Waals surface area contributed by atoms with Gasteiger partial charge in [-0.3, -0.25) is 0 Å². The van der Waals surface area contributed by atoms with Crippen molar-refractivity contribution < 1.29 is 4.74 Å². The maximum absolute atomic E-state index is 5.53. The predicted molar refractivity (Wildman–Crippen MR) is 48.4 cm³/mol. The van der Waals surface area contributed by atoms with E-state index in [1.165, 1.54) is 0 Å². The monoisotopic (exact) mass is 154 g/mol. The molecule has 0 aromatic carbocycles. The van der Waals surface area contributed by atoms with Crippen molar-refractivity contribution >= 4 is 0 Å². The molecule has 0 radical (unpaired) electrons. The van der Waals surface area contributed by atoms with Crippen LogP contribution in [0, 0.1) is 11.8 Å². The van der Waals surface area contributed by atoms with Gasteiger partial charge >= 0.3 is 0 Å². The van der Waals surface area contributed by atoms with Gasteiger partial charge < -0.3 is 4.74 Å². The van der Waals surface area contributed by atoms with Crippen molar-refractivity contribution in [2.24, 2.45) is 0 Å². The third kappa shape index (κ3) is 5.94. The van der Waals surface area contributed by atoms with Crippen LogP contribution in [-0.2, 0) is 4.74 Å². The summed E-state index contributed by atoms with van der Waals surface area (Å²) in [7, 11) is 0. The van der Waals surface area contributed by atoms with Crippen LogP contribution in [0.5, 0.6) is 0 Å². The molecule has 1 atom stereocenters. The average Bonchev–Trinajstić information content (AvgIpc) is 1.97. The van der Waals surface area contributed by atoms with E-state index in [9.17, 15) is 0 Å². The Labute approximate surface area is 70.1 Å². The third-order valence-electron chi connectivity index (χ3n) is 1.25. The molecule has 64 valence electrons. The summed E-state index contributed by atoms with van der Waals surface area (Å²) in [6.07, 6.45) is 2.31. The maximum atomic E-state index is 5.53. The van der Waals surface area contributed by atoms with Gasteiger partial charge in [-0.05, 0) is 20.3 Å². The van der Waals surface area contributed by atoms with E-state index < -0.39 is 0 Å². The van der Waals surface area contributed by atoms with Crippen LogP contribution in [-0.4, -0.2) is 12.2 Å². The van der Waals surface area contributed by atoms with Crippen LogP contribution in [0.4, 0.5) is 0 Å². The van der Waals surface area contributed by atoms with E-state index in [1.807, 2.05) is 13.8 Å². The van der Waals surface area contributed by atoms with E-state index in [0.717, 1.165) is 12.8 Å². The molecule has 0 saturated carbocycles. The van der Waals surface area contributed by atoms with Gasteiger partial charge in [-0.25, -0.2) is 0 Å². The largest absolute Gasteiger partial charge is 0.363 e. The first-order chi connectivity index (χ1) is 5.20. The van der Waals surface area contributed by atoms with Gasteiger partial charge in [0.15, 0.2) is 0 Å². The van der Waals surface area contributed by atoms with Gasteiger partial charge in [0.2, 0.25) is 0 Å². The fourth-order valence-corrected chi connectivity index (χ4v) is 0.777. The highest BCUT2D eigenvalue weighted by Crippen LogP contribution is 2.00. The Bertz CT molecular complexity index is 139. The summed E-state index contributed by atoms with van der Waals surface area (Å²) in [5.41, 5.74) is 0. The SMILES string of the molecule is CCC#CC(CC)OC(C)C. The molecule has 0 rings (SSSR count). The molecule has 0 aromatic rings. The lowest BCUT2D eigenvalue weighted by atomic mass is 10.2. The van der Waals surface area contributed by atoms with Crippen LogP contribution in [0.2, 0.25) is 0 Å². The Morgan fingerprint density at radius 1 is 1.27 bits per heavy atom. The van der Waals surface area contributed by atoms with Crippen molar-refractivity contribution in [2.75, 3.05) is 0 Å². The lowest BCUT2D eigenvalue weighted by Crippen LogP contribution is -2.14. The molecule has 1 nitrogen and oxygen atoms in total. The highest BCUT2D eigenvalue weighted by atomic mass is 16.5. The van der Waals surface area contributed by atoms with Crippen LogP contribution in [0.15, 0.2) is 0 Å². The topological polar surface area (TPSA) is 9.23 Å². The Balaban J connectivity index is 3.76. The number of hydrogen-bond acceptors (Lipinski definition) is 1. The zero-order chi connectivity index (χ0) is 8.69. The van der Waals surface area contributed by atoms with Gasteiger partial charge in [0, 0.05) is 6.42 Å². The molecular weight excluding hydrogens is 136 g/mol. The summed E-state index contributed by atoms with van der Waals surface area (Å²) in [6.45, 7) is 8.22. The second-order valence-electron chi connectivity index (χ2n) is 2.76. The van der Waals surface area contributed by atoms with Gasteiger partial charge in [-0.2, -0.15) is 0 Å². The van der Waals surface area contributed by atoms with E-state index in [2.05, 4.69) is 25.7 Å². The first-order valence-electron chi connectivity index (χ1n) is 4.34. The minimum atomic E-state index is 0.134. The maximum Gasteiger partial charge on any atom is 0.118 e. The molecule has 0 aliphatic carbocycles. The van der Waals surface area contributed by atoms with Crippen molar-refractivity contribution in [3.63, 3.8) is 0 Å². The summed E-state index contributed by atoms with van der Waals surface area (Å²) in [6, 6.07) is 0. The Morgan fingerprint density at radius 2 is 1.91 bits per heavy atom. The highest BCUT2D eigenvalue weighted by Gasteiger charge is 2.03. The average molecular weight is 154 g/mol. The molecule has 0 aromatic heterocycles. The van der Waals surface area contributed by atoms with Crippen LogP contribution in [0.25, 0.3) is 0 Å². The summed E-state index contributed by atoms with van der Waals surface area (Å²) in [5.74, 6) is 6.11. The van der Waals surface area contributed by atoms with E-state index >= 15 is 0 Å². The molecule has 0 aliphatic rings. The summed E-state index contributed by atoms with van der Waals surface area (Å²) >= 11 is 0. The molecule has 0 heterocycles. The van der Waals surface area contributed by atoms with Gasteiger partial charge in [0.1, 0.15) is 6.10 Å². The van der Waals surface area contributed by atoms with E-state index in [4.69, 9.17) is 4.74 Å². The second-order valence-corrected chi connectivity index (χ2v) is 2.76. The molecule has 0 N–H and O–H groups in total. The van der Waals surface area contributed by atoms with Crippen molar-refractivity contribution in [3.05, 3.63) is 0 Å². The minimum Gasteiger partial charge on any atom is -0.363 e. The molecule has 1 unspecified atom stereocenters. The molecule has 1 heteroatoms. The molecule has 0 bridgehead atoms. The lowest BCUT2D eigenvalue weighted by molar-refractivity contribution is 0.0392. The quantitative estimate of drug-likeness (QED) is 0.568. The Kier molecular flexibility index (Phi) is 5.97. The molecule has 0 saturated heterocycles. The molecule has 0 fully saturated rings. The predicted octanol–water partition coefficient (Wildman–Crippen LogP) is 2.60. The standard InChI is InChI=1S/C10H18O/c1-5-7-8-10(6-2)11-9(3)4/h9-10H,5-6H2,1-4H3. The summed E-state index contributed by atoms with van der Waals surface area (Å²) in [5, 5.41) is 0. The van der Waals surface area contributed by atoms with Crippen molar-refractivity contribution in [1.82, 2.24) is 0 Å². The van der Waals surface area contributed by atoms with Crippen LogP contribution >= 0.6 is 0 Å². The molecular formula is C10H18O. The molecule has 11 heavy (non-hydrogen) atoms. The molecule has 0 amide bonds. The number of hydrogen-bond donors (Lipinski definition) is 0. The normalized spacial score (nSPS) is 12.5.